The van der Waals surface area contributed by atoms with Crippen LogP contribution < -0.4 is 4.90 Å². The van der Waals surface area contributed by atoms with Crippen LogP contribution in [0.2, 0.25) is 0 Å². The molecule has 0 saturated carbocycles. The highest BCUT2D eigenvalue weighted by Gasteiger charge is 2.23. The Kier molecular flexibility index (Phi) is 4.16. The molecule has 1 aromatic heterocycles. The summed E-state index contributed by atoms with van der Waals surface area (Å²) in [6.07, 6.45) is -0.173. The van der Waals surface area contributed by atoms with E-state index in [1.807, 2.05) is 19.9 Å². The minimum Gasteiger partial charge on any atom is -0.394 e. The molecule has 100 valence electrons. The zero-order chi connectivity index (χ0) is 13.1. The minimum absolute atomic E-state index is 0.00968. The lowest BCUT2D eigenvalue weighted by atomic mass is 10.1. The Morgan fingerprint density at radius 2 is 2.22 bits per heavy atom. The van der Waals surface area contributed by atoms with Crippen LogP contribution in [-0.2, 0) is 11.3 Å². The summed E-state index contributed by atoms with van der Waals surface area (Å²) in [6.45, 7) is 5.84. The van der Waals surface area contributed by atoms with E-state index in [1.165, 1.54) is 0 Å². The number of aliphatic hydroxyl groups is 2. The Morgan fingerprint density at radius 3 is 2.89 bits per heavy atom. The number of pyridine rings is 1. The number of hydrogen-bond donors (Lipinski definition) is 2. The van der Waals surface area contributed by atoms with E-state index in [0.717, 1.165) is 29.2 Å². The fourth-order valence-corrected chi connectivity index (χ4v) is 2.32. The fraction of sp³-hybridized carbons (Fsp3) is 0.615. The highest BCUT2D eigenvalue weighted by molar-refractivity contribution is 5.51. The summed E-state index contributed by atoms with van der Waals surface area (Å²) in [4.78, 5) is 6.61. The maximum atomic E-state index is 9.50. The van der Waals surface area contributed by atoms with Crippen LogP contribution in [0.5, 0.6) is 0 Å². The predicted octanol–water partition coefficient (Wildman–Crippen LogP) is 0.388. The van der Waals surface area contributed by atoms with Gasteiger partial charge in [0.25, 0.3) is 0 Å². The summed E-state index contributed by atoms with van der Waals surface area (Å²) in [5.41, 5.74) is 2.85. The van der Waals surface area contributed by atoms with Crippen LogP contribution in [0.4, 0.5) is 5.82 Å². The van der Waals surface area contributed by atoms with Crippen molar-refractivity contribution in [1.82, 2.24) is 4.98 Å². The SMILES string of the molecule is Cc1cc(C)c(CO)c(N2CCOC(CO)C2)n1. The number of morpholine rings is 1. The average molecular weight is 252 g/mol. The molecule has 0 bridgehead atoms. The number of anilines is 1. The molecule has 5 heteroatoms. The lowest BCUT2D eigenvalue weighted by molar-refractivity contribution is 0.00325. The molecule has 5 nitrogen and oxygen atoms in total. The number of nitrogens with zero attached hydrogens (tertiary/aromatic N) is 2. The summed E-state index contributed by atoms with van der Waals surface area (Å²) in [5, 5.41) is 18.7. The topological polar surface area (TPSA) is 65.8 Å². The first-order valence-electron chi connectivity index (χ1n) is 6.21. The second kappa shape index (κ2) is 5.65. The molecule has 0 spiro atoms. The zero-order valence-electron chi connectivity index (χ0n) is 10.9. The highest BCUT2D eigenvalue weighted by Crippen LogP contribution is 2.24. The van der Waals surface area contributed by atoms with Gasteiger partial charge in [0, 0.05) is 24.3 Å². The van der Waals surface area contributed by atoms with E-state index < -0.39 is 0 Å². The van der Waals surface area contributed by atoms with Gasteiger partial charge in [-0.1, -0.05) is 0 Å². The summed E-state index contributed by atoms with van der Waals surface area (Å²) in [7, 11) is 0. The molecule has 2 rings (SSSR count). The predicted molar refractivity (Wildman–Crippen MR) is 68.7 cm³/mol. The van der Waals surface area contributed by atoms with Crippen molar-refractivity contribution in [2.45, 2.75) is 26.6 Å². The largest absolute Gasteiger partial charge is 0.394 e. The second-order valence-electron chi connectivity index (χ2n) is 4.66. The van der Waals surface area contributed by atoms with Gasteiger partial charge in [-0.25, -0.2) is 4.98 Å². The van der Waals surface area contributed by atoms with Crippen molar-refractivity contribution in [2.24, 2.45) is 0 Å². The van der Waals surface area contributed by atoms with Gasteiger partial charge < -0.3 is 19.8 Å². The molecular formula is C13H20N2O3. The molecule has 1 unspecified atom stereocenters. The van der Waals surface area contributed by atoms with Crippen LogP contribution in [0, 0.1) is 13.8 Å². The van der Waals surface area contributed by atoms with E-state index in [2.05, 4.69) is 9.88 Å². The van der Waals surface area contributed by atoms with Crippen LogP contribution >= 0.6 is 0 Å². The minimum atomic E-state index is -0.173. The summed E-state index contributed by atoms with van der Waals surface area (Å²) in [6, 6.07) is 1.97. The van der Waals surface area contributed by atoms with E-state index in [9.17, 15) is 5.11 Å². The van der Waals surface area contributed by atoms with Crippen molar-refractivity contribution in [3.05, 3.63) is 22.9 Å². The van der Waals surface area contributed by atoms with Gasteiger partial charge >= 0.3 is 0 Å². The zero-order valence-corrected chi connectivity index (χ0v) is 10.9. The molecule has 0 radical (unpaired) electrons. The van der Waals surface area contributed by atoms with Crippen molar-refractivity contribution in [1.29, 1.82) is 0 Å². The van der Waals surface area contributed by atoms with Crippen LogP contribution in [0.3, 0.4) is 0 Å². The molecule has 0 aromatic carbocycles. The Bertz CT molecular complexity index is 423. The maximum Gasteiger partial charge on any atom is 0.134 e. The molecular weight excluding hydrogens is 232 g/mol. The highest BCUT2D eigenvalue weighted by atomic mass is 16.5. The maximum absolute atomic E-state index is 9.50. The van der Waals surface area contributed by atoms with Crippen molar-refractivity contribution in [2.75, 3.05) is 31.2 Å². The Hall–Kier alpha value is -1.17. The van der Waals surface area contributed by atoms with Gasteiger partial charge in [-0.3, -0.25) is 0 Å². The van der Waals surface area contributed by atoms with E-state index in [4.69, 9.17) is 9.84 Å². The van der Waals surface area contributed by atoms with Gasteiger partial charge in [0.05, 0.1) is 25.9 Å². The third-order valence-corrected chi connectivity index (χ3v) is 3.25. The summed E-state index contributed by atoms with van der Waals surface area (Å²) < 4.78 is 5.43. The smallest absolute Gasteiger partial charge is 0.134 e. The quantitative estimate of drug-likeness (QED) is 0.814. The number of ether oxygens (including phenoxy) is 1. The van der Waals surface area contributed by atoms with Gasteiger partial charge in [0.1, 0.15) is 5.82 Å². The van der Waals surface area contributed by atoms with Crippen LogP contribution in [0.1, 0.15) is 16.8 Å². The fourth-order valence-electron chi connectivity index (χ4n) is 2.32. The molecule has 1 fully saturated rings. The van der Waals surface area contributed by atoms with E-state index in [0.29, 0.717) is 13.2 Å². The molecule has 1 aliphatic heterocycles. The third-order valence-electron chi connectivity index (χ3n) is 3.25. The molecule has 1 aliphatic rings. The first-order valence-corrected chi connectivity index (χ1v) is 6.21. The molecule has 2 heterocycles. The lowest BCUT2D eigenvalue weighted by Gasteiger charge is -2.34. The third kappa shape index (κ3) is 2.63. The first kappa shape index (κ1) is 13.3. The summed E-state index contributed by atoms with van der Waals surface area (Å²) in [5.74, 6) is 0.816. The molecule has 2 N–H and O–H groups in total. The summed E-state index contributed by atoms with van der Waals surface area (Å²) >= 11 is 0. The van der Waals surface area contributed by atoms with Gasteiger partial charge in [0.15, 0.2) is 0 Å². The molecule has 0 amide bonds. The van der Waals surface area contributed by atoms with Crippen molar-refractivity contribution in [3.8, 4) is 0 Å². The number of aromatic nitrogens is 1. The molecule has 18 heavy (non-hydrogen) atoms. The standard InChI is InChI=1S/C13H20N2O3/c1-9-5-10(2)14-13(12(9)8-17)15-3-4-18-11(6-15)7-16/h5,11,16-17H,3-4,6-8H2,1-2H3. The average Bonchev–Trinajstić information content (AvgIpc) is 2.38. The van der Waals surface area contributed by atoms with E-state index >= 15 is 0 Å². The van der Waals surface area contributed by atoms with Crippen LogP contribution in [-0.4, -0.2) is 47.6 Å². The Balaban J connectivity index is 2.31. The Labute approximate surface area is 107 Å². The second-order valence-corrected chi connectivity index (χ2v) is 4.66. The van der Waals surface area contributed by atoms with Gasteiger partial charge in [-0.15, -0.1) is 0 Å². The van der Waals surface area contributed by atoms with Crippen LogP contribution in [0.15, 0.2) is 6.07 Å². The van der Waals surface area contributed by atoms with E-state index in [1.54, 1.807) is 0 Å². The van der Waals surface area contributed by atoms with Gasteiger partial charge in [0.2, 0.25) is 0 Å². The number of rotatable bonds is 3. The lowest BCUT2D eigenvalue weighted by Crippen LogP contribution is -2.45. The molecule has 1 atom stereocenters. The van der Waals surface area contributed by atoms with Crippen molar-refractivity contribution >= 4 is 5.82 Å². The number of aliphatic hydroxyl groups excluding tert-OH is 2. The van der Waals surface area contributed by atoms with Crippen LogP contribution in [0.25, 0.3) is 0 Å². The van der Waals surface area contributed by atoms with Gasteiger partial charge in [-0.2, -0.15) is 0 Å². The molecule has 0 aliphatic carbocycles. The normalized spacial score (nSPS) is 20.2. The monoisotopic (exact) mass is 252 g/mol. The number of aryl methyl sites for hydroxylation is 2. The molecule has 1 aromatic rings. The van der Waals surface area contributed by atoms with Crippen molar-refractivity contribution < 1.29 is 14.9 Å². The number of hydrogen-bond acceptors (Lipinski definition) is 5. The van der Waals surface area contributed by atoms with Gasteiger partial charge in [-0.05, 0) is 25.5 Å². The first-order chi connectivity index (χ1) is 8.65. The van der Waals surface area contributed by atoms with E-state index in [-0.39, 0.29) is 19.3 Å². The van der Waals surface area contributed by atoms with Crippen molar-refractivity contribution in [3.63, 3.8) is 0 Å². The Morgan fingerprint density at radius 1 is 1.44 bits per heavy atom. The molecule has 1 saturated heterocycles.